The molecular weight excluding hydrogens is 356 g/mol. The molecule has 9 atom stereocenters. The number of hydrogen-bond donors (Lipinski definition) is 2. The smallest absolute Gasteiger partial charge is 0.449 e. The van der Waals surface area contributed by atoms with E-state index in [-0.39, 0.29) is 11.3 Å². The Balaban J connectivity index is 1.48. The largest absolute Gasteiger partial charge is 0.510 e. The molecule has 5 nitrogen and oxygen atoms in total. The normalized spacial score (nSPS) is 51.6. The number of hydrogen-bond acceptors (Lipinski definition) is 4. The van der Waals surface area contributed by atoms with Gasteiger partial charge in [0, 0.05) is 11.8 Å². The van der Waals surface area contributed by atoms with Crippen LogP contribution in [-0.2, 0) is 9.53 Å². The molecule has 0 aromatic carbocycles. The third kappa shape index (κ3) is 2.35. The van der Waals surface area contributed by atoms with Gasteiger partial charge in [-0.2, -0.15) is 0 Å². The Bertz CT molecular complexity index is 784. The summed E-state index contributed by atoms with van der Waals surface area (Å²) in [5.41, 5.74) is 0.158. The van der Waals surface area contributed by atoms with E-state index in [1.54, 1.807) is 6.08 Å². The van der Waals surface area contributed by atoms with Gasteiger partial charge < -0.3 is 14.9 Å². The first-order chi connectivity index (χ1) is 13.3. The van der Waals surface area contributed by atoms with Crippen molar-refractivity contribution in [2.24, 2.45) is 46.8 Å². The molecule has 0 aromatic rings. The van der Waals surface area contributed by atoms with Gasteiger partial charge in [-0.1, -0.05) is 19.4 Å². The van der Waals surface area contributed by atoms with Gasteiger partial charge in [0.2, 0.25) is 0 Å². The molecule has 152 valence electrons. The van der Waals surface area contributed by atoms with Crippen LogP contribution in [0.5, 0.6) is 0 Å². The first kappa shape index (κ1) is 18.4. The number of rotatable bonds is 2. The van der Waals surface area contributed by atoms with E-state index < -0.39 is 11.8 Å². The summed E-state index contributed by atoms with van der Waals surface area (Å²) in [6.07, 6.45) is 9.13. The van der Waals surface area contributed by atoms with E-state index in [9.17, 15) is 14.7 Å². The van der Waals surface area contributed by atoms with Crippen molar-refractivity contribution in [3.05, 3.63) is 24.0 Å². The van der Waals surface area contributed by atoms with E-state index in [4.69, 9.17) is 5.11 Å². The lowest BCUT2D eigenvalue weighted by atomic mass is 9.47. The molecule has 4 fully saturated rings. The number of aliphatic hydroxyl groups is 1. The summed E-state index contributed by atoms with van der Waals surface area (Å²) in [6, 6.07) is 0. The summed E-state index contributed by atoms with van der Waals surface area (Å²) in [4.78, 5) is 22.7. The van der Waals surface area contributed by atoms with E-state index in [2.05, 4.69) is 18.6 Å². The highest BCUT2D eigenvalue weighted by atomic mass is 16.7. The van der Waals surface area contributed by atoms with Crippen LogP contribution in [0, 0.1) is 46.8 Å². The van der Waals surface area contributed by atoms with Crippen molar-refractivity contribution in [3.8, 4) is 0 Å². The number of allylic oxidation sites excluding steroid dienone is 1. The van der Waals surface area contributed by atoms with Gasteiger partial charge in [0.25, 0.3) is 0 Å². The molecule has 0 heterocycles. The summed E-state index contributed by atoms with van der Waals surface area (Å²) in [5, 5.41) is 20.5. The molecule has 0 radical (unpaired) electrons. The standard InChI is InChI=1S/C23H30O5/c1-12-9-13-10-14(24)3-4-15(13)16-5-6-22(2)20(19(12)16)17-11-18(17)23(22,27)7-8-28-21(25)26/h7-8,10,12,15-20,27H,3-6,9,11H2,1-2H3,(H,25,26)/b8-7-/t12-,15+,16-,17+,18-,19-,20+,22+,23+/m1/s1. The van der Waals surface area contributed by atoms with E-state index in [1.807, 2.05) is 6.08 Å². The predicted octanol–water partition coefficient (Wildman–Crippen LogP) is 4.17. The van der Waals surface area contributed by atoms with Gasteiger partial charge in [0.15, 0.2) is 5.78 Å². The molecule has 5 rings (SSSR count). The second-order valence-corrected chi connectivity index (χ2v) is 10.3. The molecule has 2 N–H and O–H groups in total. The van der Waals surface area contributed by atoms with Crippen LogP contribution >= 0.6 is 0 Å². The van der Waals surface area contributed by atoms with Gasteiger partial charge in [0.1, 0.15) is 0 Å². The first-order valence-corrected chi connectivity index (χ1v) is 10.8. The van der Waals surface area contributed by atoms with Gasteiger partial charge in [0.05, 0.1) is 11.9 Å². The van der Waals surface area contributed by atoms with Crippen molar-refractivity contribution < 1.29 is 24.5 Å². The fourth-order valence-corrected chi connectivity index (χ4v) is 8.11. The fraction of sp³-hybridized carbons (Fsp3) is 0.739. The van der Waals surface area contributed by atoms with Gasteiger partial charge in [-0.05, 0) is 85.7 Å². The zero-order valence-corrected chi connectivity index (χ0v) is 16.6. The molecule has 28 heavy (non-hydrogen) atoms. The average molecular weight is 386 g/mol. The minimum absolute atomic E-state index is 0.215. The highest BCUT2D eigenvalue weighted by Gasteiger charge is 2.75. The second kappa shape index (κ2) is 5.94. The maximum atomic E-state index is 11.9. The maximum Gasteiger partial charge on any atom is 0.510 e. The third-order valence-corrected chi connectivity index (χ3v) is 9.17. The lowest BCUT2D eigenvalue weighted by Crippen LogP contribution is -2.56. The van der Waals surface area contributed by atoms with E-state index in [1.165, 1.54) is 11.8 Å². The van der Waals surface area contributed by atoms with Crippen LogP contribution in [0.2, 0.25) is 0 Å². The minimum Gasteiger partial charge on any atom is -0.449 e. The van der Waals surface area contributed by atoms with Crippen molar-refractivity contribution in [2.75, 3.05) is 0 Å². The van der Waals surface area contributed by atoms with Gasteiger partial charge >= 0.3 is 6.16 Å². The molecule has 5 heteroatoms. The number of ether oxygens (including phenoxy) is 1. The molecule has 0 spiro atoms. The summed E-state index contributed by atoms with van der Waals surface area (Å²) < 4.78 is 4.61. The van der Waals surface area contributed by atoms with E-state index in [0.717, 1.165) is 32.1 Å². The Morgan fingerprint density at radius 1 is 1.32 bits per heavy atom. The molecule has 5 aliphatic rings. The van der Waals surface area contributed by atoms with Crippen LogP contribution in [0.4, 0.5) is 4.79 Å². The van der Waals surface area contributed by atoms with Crippen molar-refractivity contribution in [1.82, 2.24) is 0 Å². The zero-order chi connectivity index (χ0) is 19.8. The Kier molecular flexibility index (Phi) is 3.91. The van der Waals surface area contributed by atoms with Crippen LogP contribution in [0.3, 0.4) is 0 Å². The zero-order valence-electron chi connectivity index (χ0n) is 16.6. The maximum absolute atomic E-state index is 11.9. The number of fused-ring (bicyclic) bond motifs is 7. The second-order valence-electron chi connectivity index (χ2n) is 10.3. The van der Waals surface area contributed by atoms with Crippen molar-refractivity contribution >= 4 is 11.9 Å². The average Bonchev–Trinajstić information content (AvgIpc) is 3.38. The Hall–Kier alpha value is -1.62. The molecule has 5 aliphatic carbocycles. The highest BCUT2D eigenvalue weighted by molar-refractivity contribution is 5.91. The van der Waals surface area contributed by atoms with E-state index >= 15 is 0 Å². The van der Waals surface area contributed by atoms with Crippen molar-refractivity contribution in [2.45, 2.75) is 58.0 Å². The Morgan fingerprint density at radius 2 is 2.11 bits per heavy atom. The van der Waals surface area contributed by atoms with Crippen LogP contribution in [0.25, 0.3) is 0 Å². The summed E-state index contributed by atoms with van der Waals surface area (Å²) >= 11 is 0. The Labute approximate surface area is 165 Å². The number of ketones is 1. The summed E-state index contributed by atoms with van der Waals surface area (Å²) in [5.74, 6) is 3.74. The lowest BCUT2D eigenvalue weighted by Gasteiger charge is -2.58. The Morgan fingerprint density at radius 3 is 2.86 bits per heavy atom. The number of carboxylic acid groups (broad SMARTS) is 1. The molecular formula is C23H30O5. The summed E-state index contributed by atoms with van der Waals surface area (Å²) in [7, 11) is 0. The van der Waals surface area contributed by atoms with Crippen LogP contribution < -0.4 is 0 Å². The monoisotopic (exact) mass is 386 g/mol. The lowest BCUT2D eigenvalue weighted by molar-refractivity contribution is -0.126. The first-order valence-electron chi connectivity index (χ1n) is 10.8. The fourth-order valence-electron chi connectivity index (χ4n) is 8.11. The van der Waals surface area contributed by atoms with Gasteiger partial charge in [-0.15, -0.1) is 0 Å². The molecule has 0 aromatic heterocycles. The van der Waals surface area contributed by atoms with Crippen molar-refractivity contribution in [3.63, 3.8) is 0 Å². The number of carbonyl (C=O) groups is 2. The van der Waals surface area contributed by atoms with Crippen LogP contribution in [-0.4, -0.2) is 27.8 Å². The SMILES string of the molecule is C[C@@H]1CC2=CC(=O)CC[C@@H]2[C@H]2CC[C@@]3(C)[C@@H]([C@H]4C[C@H]4[C@@]3(O)/C=C\OC(=O)O)[C@@H]21. The minimum atomic E-state index is -1.34. The molecule has 4 saturated carbocycles. The van der Waals surface area contributed by atoms with Gasteiger partial charge in [-0.3, -0.25) is 4.79 Å². The van der Waals surface area contributed by atoms with Crippen LogP contribution in [0.15, 0.2) is 24.0 Å². The number of carbonyl (C=O) groups excluding carboxylic acids is 1. The highest BCUT2D eigenvalue weighted by Crippen LogP contribution is 2.76. The van der Waals surface area contributed by atoms with Gasteiger partial charge in [-0.25, -0.2) is 4.79 Å². The molecule has 0 unspecified atom stereocenters. The molecule has 0 amide bonds. The van der Waals surface area contributed by atoms with Crippen molar-refractivity contribution in [1.29, 1.82) is 0 Å². The molecule has 0 aliphatic heterocycles. The topological polar surface area (TPSA) is 83.8 Å². The third-order valence-electron chi connectivity index (χ3n) is 9.17. The molecule has 0 bridgehead atoms. The quantitative estimate of drug-likeness (QED) is 0.550. The summed E-state index contributed by atoms with van der Waals surface area (Å²) in [6.45, 7) is 4.55. The van der Waals surface area contributed by atoms with E-state index in [0.29, 0.717) is 47.7 Å². The molecule has 0 saturated heterocycles. The predicted molar refractivity (Wildman–Crippen MR) is 102 cm³/mol. The van der Waals surface area contributed by atoms with Crippen LogP contribution in [0.1, 0.15) is 52.4 Å².